The van der Waals surface area contributed by atoms with Crippen molar-refractivity contribution >= 4 is 35.1 Å². The van der Waals surface area contributed by atoms with Crippen molar-refractivity contribution in [2.24, 2.45) is 0 Å². The van der Waals surface area contributed by atoms with Crippen molar-refractivity contribution in [1.82, 2.24) is 9.38 Å². The van der Waals surface area contributed by atoms with Gasteiger partial charge in [-0.3, -0.25) is 14.9 Å². The van der Waals surface area contributed by atoms with E-state index in [0.717, 1.165) is 17.0 Å². The van der Waals surface area contributed by atoms with E-state index < -0.39 is 4.92 Å². The number of imidazole rings is 1. The molecule has 8 nitrogen and oxygen atoms in total. The zero-order valence-electron chi connectivity index (χ0n) is 15.1. The molecule has 8 heteroatoms. The van der Waals surface area contributed by atoms with E-state index in [-0.39, 0.29) is 17.3 Å². The number of nitrogens with zero attached hydrogens (tertiary/aromatic N) is 3. The summed E-state index contributed by atoms with van der Waals surface area (Å²) in [5, 5.41) is 13.7. The summed E-state index contributed by atoms with van der Waals surface area (Å²) in [5.41, 5.74) is 3.07. The van der Waals surface area contributed by atoms with E-state index in [1.54, 1.807) is 25.3 Å². The molecular weight excluding hydrogens is 348 g/mol. The number of hydrogen-bond acceptors (Lipinski definition) is 5. The van der Waals surface area contributed by atoms with Crippen molar-refractivity contribution in [3.05, 3.63) is 63.6 Å². The third-order valence-corrected chi connectivity index (χ3v) is 4.07. The standard InChI is InChI=1S/C19H18N4O4/c1-12-16(21-19-11-15(27-3)8-9-22(12)19)6-4-14-5-7-17(20-13(2)24)18(10-14)23(25)26/h4-11H,1-3H3,(H,20,24)/b6-4+. The van der Waals surface area contributed by atoms with E-state index >= 15 is 0 Å². The van der Waals surface area contributed by atoms with Crippen LogP contribution in [0.4, 0.5) is 11.4 Å². The zero-order valence-corrected chi connectivity index (χ0v) is 15.1. The fraction of sp³-hybridized carbons (Fsp3) is 0.158. The average Bonchev–Trinajstić information content (AvgIpc) is 2.95. The molecule has 2 heterocycles. The Morgan fingerprint density at radius 3 is 2.74 bits per heavy atom. The van der Waals surface area contributed by atoms with E-state index in [4.69, 9.17) is 4.74 Å². The van der Waals surface area contributed by atoms with Crippen LogP contribution in [0.1, 0.15) is 23.9 Å². The van der Waals surface area contributed by atoms with Crippen molar-refractivity contribution < 1.29 is 14.5 Å². The first-order valence-electron chi connectivity index (χ1n) is 8.16. The van der Waals surface area contributed by atoms with Crippen LogP contribution in [0.15, 0.2) is 36.5 Å². The Labute approximate surface area is 155 Å². The highest BCUT2D eigenvalue weighted by atomic mass is 16.6. The first-order valence-corrected chi connectivity index (χ1v) is 8.16. The molecule has 0 aliphatic heterocycles. The molecule has 0 spiro atoms. The Balaban J connectivity index is 1.95. The number of aromatic nitrogens is 2. The van der Waals surface area contributed by atoms with Crippen LogP contribution in [0, 0.1) is 17.0 Å². The van der Waals surface area contributed by atoms with Crippen LogP contribution >= 0.6 is 0 Å². The van der Waals surface area contributed by atoms with Crippen LogP contribution in [0.5, 0.6) is 5.75 Å². The predicted octanol–water partition coefficient (Wildman–Crippen LogP) is 3.69. The van der Waals surface area contributed by atoms with Crippen LogP contribution in [0.25, 0.3) is 17.8 Å². The fourth-order valence-corrected chi connectivity index (χ4v) is 2.73. The first kappa shape index (κ1) is 18.1. The quantitative estimate of drug-likeness (QED) is 0.548. The SMILES string of the molecule is COc1ccn2c(C)c(/C=C/c3ccc(NC(C)=O)c([N+](=O)[O-])c3)nc2c1. The molecule has 3 rings (SSSR count). The molecule has 1 aromatic carbocycles. The summed E-state index contributed by atoms with van der Waals surface area (Å²) in [5.74, 6) is 0.351. The lowest BCUT2D eigenvalue weighted by molar-refractivity contribution is -0.383. The number of fused-ring (bicyclic) bond motifs is 1. The van der Waals surface area contributed by atoms with E-state index in [2.05, 4.69) is 10.3 Å². The molecule has 1 N–H and O–H groups in total. The minimum Gasteiger partial charge on any atom is -0.497 e. The Morgan fingerprint density at radius 2 is 2.07 bits per heavy atom. The number of anilines is 1. The number of nitrogens with one attached hydrogen (secondary N) is 1. The highest BCUT2D eigenvalue weighted by molar-refractivity contribution is 5.91. The molecule has 1 amide bonds. The van der Waals surface area contributed by atoms with Crippen molar-refractivity contribution in [2.45, 2.75) is 13.8 Å². The lowest BCUT2D eigenvalue weighted by atomic mass is 10.1. The Kier molecular flexibility index (Phi) is 4.89. The summed E-state index contributed by atoms with van der Waals surface area (Å²) in [6.45, 7) is 3.24. The van der Waals surface area contributed by atoms with Crippen LogP contribution in [-0.2, 0) is 4.79 Å². The molecule has 0 saturated heterocycles. The van der Waals surface area contributed by atoms with Gasteiger partial charge in [0.05, 0.1) is 17.7 Å². The Bertz CT molecular complexity index is 1070. The minimum atomic E-state index is -0.523. The van der Waals surface area contributed by atoms with Crippen LogP contribution in [0.3, 0.4) is 0 Å². The lowest BCUT2D eigenvalue weighted by Gasteiger charge is -2.04. The number of carbonyl (C=O) groups excluding carboxylic acids is 1. The molecule has 2 aromatic heterocycles. The number of nitro benzene ring substituents is 1. The van der Waals surface area contributed by atoms with Gasteiger partial charge in [0, 0.05) is 30.9 Å². The van der Waals surface area contributed by atoms with Crippen molar-refractivity contribution in [3.63, 3.8) is 0 Å². The fourth-order valence-electron chi connectivity index (χ4n) is 2.73. The summed E-state index contributed by atoms with van der Waals surface area (Å²) >= 11 is 0. The van der Waals surface area contributed by atoms with Gasteiger partial charge in [-0.25, -0.2) is 4.98 Å². The number of hydrogen-bond donors (Lipinski definition) is 1. The first-order chi connectivity index (χ1) is 12.9. The van der Waals surface area contributed by atoms with Crippen LogP contribution in [0.2, 0.25) is 0 Å². The van der Waals surface area contributed by atoms with Gasteiger partial charge in [-0.05, 0) is 30.7 Å². The van der Waals surface area contributed by atoms with Gasteiger partial charge in [0.25, 0.3) is 5.69 Å². The number of ether oxygens (including phenoxy) is 1. The number of pyridine rings is 1. The van der Waals surface area contributed by atoms with Gasteiger partial charge in [-0.15, -0.1) is 0 Å². The van der Waals surface area contributed by atoms with Crippen molar-refractivity contribution in [1.29, 1.82) is 0 Å². The third-order valence-electron chi connectivity index (χ3n) is 4.07. The summed E-state index contributed by atoms with van der Waals surface area (Å²) in [4.78, 5) is 26.5. The summed E-state index contributed by atoms with van der Waals surface area (Å²) in [6, 6.07) is 8.30. The van der Waals surface area contributed by atoms with Crippen molar-refractivity contribution in [2.75, 3.05) is 12.4 Å². The molecule has 3 aromatic rings. The molecule has 0 fully saturated rings. The third kappa shape index (κ3) is 3.79. The van der Waals surface area contributed by atoms with E-state index in [0.29, 0.717) is 11.3 Å². The molecule has 0 saturated carbocycles. The van der Waals surface area contributed by atoms with E-state index in [9.17, 15) is 14.9 Å². The van der Waals surface area contributed by atoms with Gasteiger partial charge in [0.1, 0.15) is 17.1 Å². The monoisotopic (exact) mass is 366 g/mol. The maximum atomic E-state index is 11.3. The minimum absolute atomic E-state index is 0.163. The Morgan fingerprint density at radius 1 is 1.30 bits per heavy atom. The maximum absolute atomic E-state index is 11.3. The van der Waals surface area contributed by atoms with Crippen LogP contribution < -0.4 is 10.1 Å². The number of carbonyl (C=O) groups is 1. The Hall–Kier alpha value is -3.68. The second kappa shape index (κ2) is 7.28. The van der Waals surface area contributed by atoms with Gasteiger partial charge < -0.3 is 14.5 Å². The molecule has 0 unspecified atom stereocenters. The zero-order chi connectivity index (χ0) is 19.6. The second-order valence-electron chi connectivity index (χ2n) is 5.93. The molecular formula is C19H18N4O4. The van der Waals surface area contributed by atoms with Gasteiger partial charge >= 0.3 is 0 Å². The largest absolute Gasteiger partial charge is 0.497 e. The van der Waals surface area contributed by atoms with Gasteiger partial charge in [0.2, 0.25) is 5.91 Å². The number of amides is 1. The maximum Gasteiger partial charge on any atom is 0.293 e. The topological polar surface area (TPSA) is 98.8 Å². The second-order valence-corrected chi connectivity index (χ2v) is 5.93. The molecule has 0 radical (unpaired) electrons. The summed E-state index contributed by atoms with van der Waals surface area (Å²) in [6.07, 6.45) is 5.42. The average molecular weight is 366 g/mol. The number of aryl methyl sites for hydroxylation is 1. The highest BCUT2D eigenvalue weighted by Gasteiger charge is 2.15. The smallest absolute Gasteiger partial charge is 0.293 e. The highest BCUT2D eigenvalue weighted by Crippen LogP contribution is 2.27. The normalized spacial score (nSPS) is 11.1. The number of methoxy groups -OCH3 is 1. The van der Waals surface area contributed by atoms with E-state index in [1.807, 2.05) is 29.7 Å². The number of rotatable bonds is 5. The van der Waals surface area contributed by atoms with Crippen LogP contribution in [-0.4, -0.2) is 27.3 Å². The molecule has 0 atom stereocenters. The number of benzene rings is 1. The molecule has 0 bridgehead atoms. The molecule has 0 aliphatic carbocycles. The number of nitro groups is 1. The predicted molar refractivity (Wildman–Crippen MR) is 103 cm³/mol. The molecule has 0 aliphatic rings. The van der Waals surface area contributed by atoms with E-state index in [1.165, 1.54) is 19.1 Å². The molecule has 27 heavy (non-hydrogen) atoms. The van der Waals surface area contributed by atoms with Gasteiger partial charge in [0.15, 0.2) is 0 Å². The summed E-state index contributed by atoms with van der Waals surface area (Å²) in [7, 11) is 1.60. The van der Waals surface area contributed by atoms with Crippen molar-refractivity contribution in [3.8, 4) is 5.75 Å². The lowest BCUT2D eigenvalue weighted by Crippen LogP contribution is -2.08. The van der Waals surface area contributed by atoms with Gasteiger partial charge in [-0.1, -0.05) is 12.1 Å². The summed E-state index contributed by atoms with van der Waals surface area (Å²) < 4.78 is 7.14. The van der Waals surface area contributed by atoms with Gasteiger partial charge in [-0.2, -0.15) is 0 Å². The molecule has 138 valence electrons.